The Bertz CT molecular complexity index is 1910. The van der Waals surface area contributed by atoms with Crippen molar-refractivity contribution >= 4 is 23.2 Å². The number of nitrogens with one attached hydrogen (secondary N) is 2. The van der Waals surface area contributed by atoms with Gasteiger partial charge in [-0.1, -0.05) is 24.3 Å². The van der Waals surface area contributed by atoms with E-state index in [0.29, 0.717) is 45.7 Å². The van der Waals surface area contributed by atoms with Crippen LogP contribution in [0.1, 0.15) is 62.9 Å². The van der Waals surface area contributed by atoms with Crippen molar-refractivity contribution in [1.29, 1.82) is 0 Å². The number of aromatic nitrogens is 1. The number of alkyl halides is 3. The van der Waals surface area contributed by atoms with Gasteiger partial charge in [0.25, 0.3) is 11.8 Å². The molecule has 0 radical (unpaired) electrons. The van der Waals surface area contributed by atoms with E-state index in [-0.39, 0.29) is 12.5 Å². The molecule has 1 unspecified atom stereocenters. The monoisotopic (exact) mass is 743 g/mol. The van der Waals surface area contributed by atoms with Crippen LogP contribution in [-0.2, 0) is 12.7 Å². The molecule has 13 heteroatoms. The van der Waals surface area contributed by atoms with Gasteiger partial charge in [0.2, 0.25) is 0 Å². The van der Waals surface area contributed by atoms with E-state index >= 15 is 0 Å². The molecule has 1 aromatic heterocycles. The lowest BCUT2D eigenvalue weighted by Crippen LogP contribution is -2.47. The fourth-order valence-corrected chi connectivity index (χ4v) is 6.83. The summed E-state index contributed by atoms with van der Waals surface area (Å²) in [4.78, 5) is 40.4. The van der Waals surface area contributed by atoms with Crippen LogP contribution in [-0.4, -0.2) is 103 Å². The van der Waals surface area contributed by atoms with Gasteiger partial charge in [-0.25, -0.2) is 0 Å². The number of anilines is 2. The summed E-state index contributed by atoms with van der Waals surface area (Å²) in [7, 11) is 3.89. The molecule has 0 spiro atoms. The van der Waals surface area contributed by atoms with E-state index in [1.165, 1.54) is 12.5 Å². The van der Waals surface area contributed by atoms with Gasteiger partial charge in [0, 0.05) is 94.5 Å². The molecule has 2 aliphatic heterocycles. The lowest BCUT2D eigenvalue weighted by molar-refractivity contribution is -0.137. The molecule has 6 rings (SSSR count). The zero-order valence-electron chi connectivity index (χ0n) is 30.8. The van der Waals surface area contributed by atoms with Gasteiger partial charge in [-0.3, -0.25) is 24.8 Å². The van der Waals surface area contributed by atoms with Crippen LogP contribution in [0.2, 0.25) is 0 Å². The minimum absolute atomic E-state index is 0.00210. The van der Waals surface area contributed by atoms with Crippen LogP contribution in [0.4, 0.5) is 24.5 Å². The standard InChI is InChI=1S/C41H48F3N7O3/c1-48-18-21-50(22-19-48)23-20-49(2)40(54)32-10-7-9-30(25-32)39(53)47-36-13-12-34(51-16-4-3-5-17-51)27-35(36)37-26-31(14-15-45-37)38(52)46-28-29-8-6-11-33(24-29)41(42,43)44/h6-15,24-27,38,46,52H,3-5,16-23,28H2,1-2H3,(H,47,53). The zero-order chi connectivity index (χ0) is 38.2. The number of carbonyl (C=O) groups is 2. The second kappa shape index (κ2) is 17.5. The van der Waals surface area contributed by atoms with Crippen molar-refractivity contribution in [1.82, 2.24) is 25.0 Å². The molecule has 2 amide bonds. The van der Waals surface area contributed by atoms with Crippen LogP contribution in [0.3, 0.4) is 0 Å². The molecule has 1 atom stereocenters. The maximum atomic E-state index is 13.8. The number of aliphatic hydroxyl groups is 1. The number of rotatable bonds is 12. The minimum atomic E-state index is -4.47. The van der Waals surface area contributed by atoms with E-state index in [1.54, 1.807) is 60.6 Å². The Labute approximate surface area is 314 Å². The predicted octanol–water partition coefficient (Wildman–Crippen LogP) is 6.11. The van der Waals surface area contributed by atoms with E-state index in [9.17, 15) is 27.9 Å². The van der Waals surface area contributed by atoms with Crippen molar-refractivity contribution in [3.8, 4) is 11.3 Å². The molecule has 4 aromatic rings. The molecule has 3 N–H and O–H groups in total. The summed E-state index contributed by atoms with van der Waals surface area (Å²) in [5.74, 6) is -0.553. The van der Waals surface area contributed by atoms with Crippen molar-refractivity contribution in [2.24, 2.45) is 0 Å². The van der Waals surface area contributed by atoms with E-state index in [2.05, 4.69) is 37.4 Å². The van der Waals surface area contributed by atoms with Crippen molar-refractivity contribution in [3.63, 3.8) is 0 Å². The molecule has 0 saturated carbocycles. The number of halogens is 3. The molecule has 10 nitrogen and oxygen atoms in total. The quantitative estimate of drug-likeness (QED) is 0.150. The van der Waals surface area contributed by atoms with Gasteiger partial charge in [-0.2, -0.15) is 13.2 Å². The molecule has 2 fully saturated rings. The molecule has 54 heavy (non-hydrogen) atoms. The first kappa shape index (κ1) is 38.9. The third-order valence-corrected chi connectivity index (χ3v) is 10.2. The van der Waals surface area contributed by atoms with Crippen molar-refractivity contribution < 1.29 is 27.9 Å². The summed E-state index contributed by atoms with van der Waals surface area (Å²) in [6.07, 6.45) is -0.804. The van der Waals surface area contributed by atoms with Gasteiger partial charge in [0.15, 0.2) is 0 Å². The fraction of sp³-hybridized carbons (Fsp3) is 0.390. The average Bonchev–Trinajstić information content (AvgIpc) is 3.19. The van der Waals surface area contributed by atoms with Gasteiger partial charge >= 0.3 is 6.18 Å². The predicted molar refractivity (Wildman–Crippen MR) is 204 cm³/mol. The molecular weight excluding hydrogens is 695 g/mol. The number of piperazine rings is 1. The minimum Gasteiger partial charge on any atom is -0.374 e. The van der Waals surface area contributed by atoms with Crippen LogP contribution in [0.5, 0.6) is 0 Å². The summed E-state index contributed by atoms with van der Waals surface area (Å²) < 4.78 is 39.7. The van der Waals surface area contributed by atoms with E-state index in [4.69, 9.17) is 0 Å². The lowest BCUT2D eigenvalue weighted by Gasteiger charge is -2.33. The normalized spacial score (nSPS) is 16.2. The van der Waals surface area contributed by atoms with Crippen LogP contribution in [0.15, 0.2) is 85.1 Å². The number of carbonyl (C=O) groups excluding carboxylic acids is 2. The Kier molecular flexibility index (Phi) is 12.6. The molecule has 3 heterocycles. The first-order valence-corrected chi connectivity index (χ1v) is 18.5. The molecule has 0 aliphatic carbocycles. The number of benzene rings is 3. The molecule has 2 aliphatic rings. The summed E-state index contributed by atoms with van der Waals surface area (Å²) in [6.45, 7) is 7.11. The summed E-state index contributed by atoms with van der Waals surface area (Å²) >= 11 is 0. The Morgan fingerprint density at radius 1 is 0.889 bits per heavy atom. The fourth-order valence-electron chi connectivity index (χ4n) is 6.83. The zero-order valence-corrected chi connectivity index (χ0v) is 30.8. The molecule has 0 bridgehead atoms. The Morgan fingerprint density at radius 3 is 2.39 bits per heavy atom. The SMILES string of the molecule is CN1CCN(CCN(C)C(=O)c2cccc(C(=O)Nc3ccc(N4CCCCC4)cc3-c3cc(C(O)NCc4cccc(C(F)(F)F)c4)ccn3)c2)CC1. The maximum Gasteiger partial charge on any atom is 0.416 e. The second-order valence-electron chi connectivity index (χ2n) is 14.1. The van der Waals surface area contributed by atoms with Gasteiger partial charge in [0.1, 0.15) is 6.23 Å². The van der Waals surface area contributed by atoms with Gasteiger partial charge in [-0.05, 0) is 92.0 Å². The topological polar surface area (TPSA) is 104 Å². The van der Waals surface area contributed by atoms with Crippen LogP contribution in [0, 0.1) is 0 Å². The molecule has 286 valence electrons. The maximum absolute atomic E-state index is 13.8. The Hall–Kier alpha value is -4.82. The third kappa shape index (κ3) is 10.0. The highest BCUT2D eigenvalue weighted by Crippen LogP contribution is 2.34. The van der Waals surface area contributed by atoms with E-state index in [1.807, 2.05) is 18.2 Å². The number of likely N-dealkylation sites (N-methyl/N-ethyl adjacent to an activating group) is 2. The number of pyridine rings is 1. The van der Waals surface area contributed by atoms with Gasteiger partial charge < -0.3 is 25.1 Å². The van der Waals surface area contributed by atoms with Crippen molar-refractivity contribution in [3.05, 3.63) is 113 Å². The number of hydrogen-bond donors (Lipinski definition) is 3. The van der Waals surface area contributed by atoms with Crippen molar-refractivity contribution in [2.45, 2.75) is 38.2 Å². The number of nitrogens with zero attached hydrogens (tertiary/aromatic N) is 5. The summed E-state index contributed by atoms with van der Waals surface area (Å²) in [6, 6.07) is 20.8. The van der Waals surface area contributed by atoms with Gasteiger partial charge in [-0.15, -0.1) is 0 Å². The average molecular weight is 744 g/mol. The highest BCUT2D eigenvalue weighted by Gasteiger charge is 2.30. The first-order valence-electron chi connectivity index (χ1n) is 18.5. The van der Waals surface area contributed by atoms with Crippen LogP contribution in [0.25, 0.3) is 11.3 Å². The third-order valence-electron chi connectivity index (χ3n) is 10.2. The summed E-state index contributed by atoms with van der Waals surface area (Å²) in [5, 5.41) is 17.0. The van der Waals surface area contributed by atoms with Crippen molar-refractivity contribution in [2.75, 3.05) is 76.7 Å². The van der Waals surface area contributed by atoms with E-state index in [0.717, 1.165) is 76.5 Å². The largest absolute Gasteiger partial charge is 0.416 e. The highest BCUT2D eigenvalue weighted by atomic mass is 19.4. The Morgan fingerprint density at radius 2 is 1.63 bits per heavy atom. The number of piperidine rings is 1. The van der Waals surface area contributed by atoms with Crippen LogP contribution < -0.4 is 15.5 Å². The smallest absolute Gasteiger partial charge is 0.374 e. The second-order valence-corrected chi connectivity index (χ2v) is 14.1. The Balaban J connectivity index is 1.19. The number of amides is 2. The summed E-state index contributed by atoms with van der Waals surface area (Å²) in [5.41, 5.74) is 3.43. The first-order chi connectivity index (χ1) is 25.9. The van der Waals surface area contributed by atoms with Gasteiger partial charge in [0.05, 0.1) is 16.9 Å². The van der Waals surface area contributed by atoms with Crippen LogP contribution >= 0.6 is 0 Å². The molecule has 2 saturated heterocycles. The van der Waals surface area contributed by atoms with E-state index < -0.39 is 23.9 Å². The number of hydrogen-bond acceptors (Lipinski definition) is 8. The number of aliphatic hydroxyl groups excluding tert-OH is 1. The molecule has 3 aromatic carbocycles. The highest BCUT2D eigenvalue weighted by molar-refractivity contribution is 6.08. The molecular formula is C41H48F3N7O3. The lowest BCUT2D eigenvalue weighted by atomic mass is 10.0.